The van der Waals surface area contributed by atoms with Gasteiger partial charge in [0.15, 0.2) is 11.5 Å². The van der Waals surface area contributed by atoms with E-state index >= 15 is 0 Å². The summed E-state index contributed by atoms with van der Waals surface area (Å²) in [5.74, 6) is -0.413. The first kappa shape index (κ1) is 39.7. The highest BCUT2D eigenvalue weighted by Crippen LogP contribution is 2.42. The Hall–Kier alpha value is -9.14. The lowest BCUT2D eigenvalue weighted by atomic mass is 10.0. The number of ether oxygens (including phenoxy) is 2. The van der Waals surface area contributed by atoms with Crippen LogP contribution in [0.5, 0.6) is 0 Å². The normalized spacial score (nSPS) is 11.9. The van der Waals surface area contributed by atoms with Crippen LogP contribution in [0.1, 0.15) is 43.5 Å². The zero-order valence-corrected chi connectivity index (χ0v) is 35.3. The molecule has 0 saturated heterocycles. The number of rotatable bonds is 8. The molecular weight excluding hydrogens is 817 g/mol. The van der Waals surface area contributed by atoms with Crippen LogP contribution in [0.15, 0.2) is 206 Å². The van der Waals surface area contributed by atoms with Crippen LogP contribution in [0.2, 0.25) is 0 Å². The Bertz CT molecular complexity index is 3290. The van der Waals surface area contributed by atoms with Gasteiger partial charge in [0.2, 0.25) is 0 Å². The zero-order valence-electron chi connectivity index (χ0n) is 35.3. The lowest BCUT2D eigenvalue weighted by molar-refractivity contribution is 0.0684. The van der Waals surface area contributed by atoms with Gasteiger partial charge < -0.3 is 19.4 Å². The summed E-state index contributed by atoms with van der Waals surface area (Å²) >= 11 is 0. The van der Waals surface area contributed by atoms with Crippen LogP contribution >= 0.6 is 0 Å². The topological polar surface area (TPSA) is 110 Å². The fourth-order valence-corrected chi connectivity index (χ4v) is 8.55. The minimum atomic E-state index is -0.506. The number of hydrogen-bond donors (Lipinski definition) is 2. The molecule has 8 bridgehead atoms. The second kappa shape index (κ2) is 17.2. The molecule has 2 aliphatic rings. The Kier molecular flexibility index (Phi) is 10.3. The van der Waals surface area contributed by atoms with E-state index in [-0.39, 0.29) is 0 Å². The van der Waals surface area contributed by atoms with Gasteiger partial charge in [0.1, 0.15) is 11.4 Å². The molecule has 11 rings (SSSR count). The number of hydrogen-bond acceptors (Lipinski definition) is 6. The molecule has 0 spiro atoms. The van der Waals surface area contributed by atoms with E-state index in [4.69, 9.17) is 19.4 Å². The highest BCUT2D eigenvalue weighted by Gasteiger charge is 2.27. The third-order valence-electron chi connectivity index (χ3n) is 11.6. The fourth-order valence-electron chi connectivity index (χ4n) is 8.55. The summed E-state index contributed by atoms with van der Waals surface area (Å²) in [6.45, 7) is 0. The molecule has 5 heterocycles. The molecule has 3 aromatic heterocycles. The van der Waals surface area contributed by atoms with Gasteiger partial charge in [-0.15, -0.1) is 0 Å². The van der Waals surface area contributed by atoms with Crippen LogP contribution in [-0.4, -0.2) is 31.9 Å². The van der Waals surface area contributed by atoms with Gasteiger partial charge in [-0.2, -0.15) is 0 Å². The predicted octanol–water partition coefficient (Wildman–Crippen LogP) is 13.7. The molecule has 0 atom stereocenters. The van der Waals surface area contributed by atoms with Gasteiger partial charge in [-0.3, -0.25) is 0 Å². The second-order valence-electron chi connectivity index (χ2n) is 15.8. The highest BCUT2D eigenvalue weighted by atomic mass is 16.5. The molecule has 2 aliphatic heterocycles. The Morgan fingerprint density at radius 2 is 0.606 bits per heavy atom. The van der Waals surface area contributed by atoms with E-state index in [1.54, 1.807) is 24.3 Å². The fraction of sp³-hybridized carbons (Fsp3) is 0. The largest absolute Gasteiger partial charge is 0.421 e. The van der Waals surface area contributed by atoms with Gasteiger partial charge in [0.05, 0.1) is 22.5 Å². The van der Waals surface area contributed by atoms with Crippen molar-refractivity contribution < 1.29 is 19.1 Å². The first-order valence-corrected chi connectivity index (χ1v) is 21.6. The van der Waals surface area contributed by atoms with E-state index < -0.39 is 11.9 Å². The molecule has 0 radical (unpaired) electrons. The number of carbonyl (C=O) groups is 2. The minimum absolute atomic E-state index is 0.300. The Balaban J connectivity index is 1.30. The van der Waals surface area contributed by atoms with Gasteiger partial charge in [0.25, 0.3) is 0 Å². The molecule has 8 heteroatoms. The first-order chi connectivity index (χ1) is 32.6. The summed E-state index contributed by atoms with van der Waals surface area (Å²) in [7, 11) is 0. The van der Waals surface area contributed by atoms with Crippen molar-refractivity contribution in [1.82, 2.24) is 19.9 Å². The maximum atomic E-state index is 14.0. The lowest BCUT2D eigenvalue weighted by Gasteiger charge is -2.10. The second-order valence-corrected chi connectivity index (χ2v) is 15.8. The highest BCUT2D eigenvalue weighted by molar-refractivity contribution is 6.05. The summed E-state index contributed by atoms with van der Waals surface area (Å²) in [4.78, 5) is 46.4. The van der Waals surface area contributed by atoms with Gasteiger partial charge in [-0.05, 0) is 70.8 Å². The van der Waals surface area contributed by atoms with Crippen LogP contribution < -0.4 is 0 Å². The molecule has 6 aromatic carbocycles. The van der Waals surface area contributed by atoms with E-state index in [1.165, 1.54) is 0 Å². The van der Waals surface area contributed by atoms with E-state index in [0.29, 0.717) is 45.4 Å². The summed E-state index contributed by atoms with van der Waals surface area (Å²) in [6, 6.07) is 65.9. The van der Waals surface area contributed by atoms with Crippen LogP contribution in [-0.2, 0) is 9.47 Å². The molecule has 0 amide bonds. The molecule has 314 valence electrons. The SMILES string of the molecule is O=C(OC1=Cc2nc1c(-c1ccccc1)c1ccc([nH]1)c(-c1ccccc1)c1nc(c(-c3ccccc3)c3ccc([nH]3)c2-c2ccccc2)C(OC(=O)c2ccccc2)=C1)c1ccccc1. The first-order valence-electron chi connectivity index (χ1n) is 21.6. The van der Waals surface area contributed by atoms with Crippen molar-refractivity contribution in [2.45, 2.75) is 0 Å². The van der Waals surface area contributed by atoms with Crippen molar-refractivity contribution in [2.75, 3.05) is 0 Å². The standard InChI is InChI=1S/C58H38N4O4/c63-57(41-27-15-5-16-28-41)65-49-35-47-51(37-19-7-1-8-20-37)43-31-33-45(59-43)53(39-23-11-3-12-24-39)56-50(66-58(64)42-29-17-6-18-30-42)36-48(62-56)52(38-21-9-2-10-22-38)44-32-34-46(60-44)54(55(49)61-47)40-25-13-4-14-26-40/h1-36,59-60H. The van der Waals surface area contributed by atoms with Crippen molar-refractivity contribution in [3.8, 4) is 44.5 Å². The summed E-state index contributed by atoms with van der Waals surface area (Å²) in [5.41, 5.74) is 12.3. The number of aromatic amines is 2. The van der Waals surface area contributed by atoms with E-state index in [2.05, 4.69) is 9.97 Å². The molecule has 0 aliphatic carbocycles. The number of nitrogens with one attached hydrogen (secondary N) is 2. The zero-order chi connectivity index (χ0) is 44.4. The van der Waals surface area contributed by atoms with Crippen molar-refractivity contribution in [2.24, 2.45) is 0 Å². The molecule has 0 unspecified atom stereocenters. The quantitative estimate of drug-likeness (QED) is 0.147. The number of H-pyrrole nitrogens is 2. The average molecular weight is 855 g/mol. The summed E-state index contributed by atoms with van der Waals surface area (Å²) in [5, 5.41) is 0. The molecular formula is C58H38N4O4. The number of nitrogens with zero attached hydrogens (tertiary/aromatic N) is 2. The van der Waals surface area contributed by atoms with E-state index in [0.717, 1.165) is 66.6 Å². The lowest BCUT2D eigenvalue weighted by Crippen LogP contribution is -2.04. The number of esters is 2. The van der Waals surface area contributed by atoms with Crippen LogP contribution in [0.3, 0.4) is 0 Å². The average Bonchev–Trinajstić information content (AvgIpc) is 4.21. The maximum absolute atomic E-state index is 14.0. The molecule has 2 N–H and O–H groups in total. The number of benzene rings is 6. The molecule has 9 aromatic rings. The van der Waals surface area contributed by atoms with E-state index in [1.807, 2.05) is 194 Å². The monoisotopic (exact) mass is 854 g/mol. The third-order valence-corrected chi connectivity index (χ3v) is 11.6. The van der Waals surface area contributed by atoms with Crippen molar-refractivity contribution in [3.05, 3.63) is 240 Å². The van der Waals surface area contributed by atoms with E-state index in [9.17, 15) is 9.59 Å². The Labute approximate surface area is 379 Å². The molecule has 8 nitrogen and oxygen atoms in total. The summed E-state index contributed by atoms with van der Waals surface area (Å²) < 4.78 is 12.8. The van der Waals surface area contributed by atoms with Gasteiger partial charge in [0, 0.05) is 56.5 Å². The molecule has 0 saturated carbocycles. The molecule has 66 heavy (non-hydrogen) atoms. The molecule has 0 fully saturated rings. The summed E-state index contributed by atoms with van der Waals surface area (Å²) in [6.07, 6.45) is 3.69. The van der Waals surface area contributed by atoms with Gasteiger partial charge >= 0.3 is 11.9 Å². The maximum Gasteiger partial charge on any atom is 0.343 e. The smallest absolute Gasteiger partial charge is 0.343 e. The van der Waals surface area contributed by atoms with Crippen molar-refractivity contribution >= 4 is 57.7 Å². The number of carbonyl (C=O) groups excluding carboxylic acids is 2. The Morgan fingerprint density at radius 1 is 0.333 bits per heavy atom. The third kappa shape index (κ3) is 7.58. The number of fused-ring (bicyclic) bond motifs is 8. The predicted molar refractivity (Wildman–Crippen MR) is 262 cm³/mol. The van der Waals surface area contributed by atoms with Gasteiger partial charge in [-0.25, -0.2) is 19.6 Å². The van der Waals surface area contributed by atoms with Gasteiger partial charge in [-0.1, -0.05) is 158 Å². The Morgan fingerprint density at radius 3 is 0.924 bits per heavy atom. The van der Waals surface area contributed by atoms with Crippen LogP contribution in [0.4, 0.5) is 0 Å². The van der Waals surface area contributed by atoms with Crippen LogP contribution in [0.25, 0.3) is 90.2 Å². The number of aromatic nitrogens is 4. The van der Waals surface area contributed by atoms with Crippen molar-refractivity contribution in [1.29, 1.82) is 0 Å². The van der Waals surface area contributed by atoms with Crippen LogP contribution in [0, 0.1) is 0 Å². The van der Waals surface area contributed by atoms with Crippen molar-refractivity contribution in [3.63, 3.8) is 0 Å². The minimum Gasteiger partial charge on any atom is -0.421 e.